The first-order valence-corrected chi connectivity index (χ1v) is 9.27. The molecule has 7 nitrogen and oxygen atoms in total. The van der Waals surface area contributed by atoms with Gasteiger partial charge in [0.15, 0.2) is 0 Å². The first kappa shape index (κ1) is 18.3. The van der Waals surface area contributed by atoms with Crippen LogP contribution < -0.4 is 0 Å². The average molecular weight is 378 g/mol. The van der Waals surface area contributed by atoms with Crippen LogP contribution in [0.4, 0.5) is 0 Å². The number of carbonyl (C=O) groups excluding carboxylic acids is 1. The summed E-state index contributed by atoms with van der Waals surface area (Å²) >= 11 is 0. The molecule has 0 aliphatic carbocycles. The molecule has 0 radical (unpaired) electrons. The lowest BCUT2D eigenvalue weighted by molar-refractivity contribution is -0.0249. The van der Waals surface area contributed by atoms with Gasteiger partial charge >= 0.3 is 0 Å². The smallest absolute Gasteiger partial charge is 0.272 e. The van der Waals surface area contributed by atoms with Crippen molar-refractivity contribution in [1.82, 2.24) is 20.0 Å². The molecule has 3 aromatic rings. The number of carbonyl (C=O) groups is 1. The molecule has 28 heavy (non-hydrogen) atoms. The molecule has 1 aliphatic heterocycles. The second-order valence-electron chi connectivity index (χ2n) is 6.93. The van der Waals surface area contributed by atoms with Gasteiger partial charge in [0.2, 0.25) is 0 Å². The van der Waals surface area contributed by atoms with Crippen molar-refractivity contribution in [3.05, 3.63) is 64.9 Å². The van der Waals surface area contributed by atoms with Crippen molar-refractivity contribution < 1.29 is 14.1 Å². The Hall–Kier alpha value is -3.06. The first-order valence-electron chi connectivity index (χ1n) is 9.27. The molecule has 1 atom stereocenters. The second-order valence-corrected chi connectivity index (χ2v) is 6.93. The molecule has 0 N–H and O–H groups in total. The zero-order valence-electron chi connectivity index (χ0n) is 16.2. The van der Waals surface area contributed by atoms with Crippen molar-refractivity contribution in [2.45, 2.75) is 26.9 Å². The van der Waals surface area contributed by atoms with Crippen LogP contribution >= 0.6 is 0 Å². The van der Waals surface area contributed by atoms with Crippen LogP contribution in [0.5, 0.6) is 0 Å². The van der Waals surface area contributed by atoms with Gasteiger partial charge in [-0.2, -0.15) is 0 Å². The molecule has 0 aromatic carbocycles. The van der Waals surface area contributed by atoms with Crippen molar-refractivity contribution in [2.24, 2.45) is 0 Å². The largest absolute Gasteiger partial charge is 0.368 e. The van der Waals surface area contributed by atoms with Crippen molar-refractivity contribution in [3.63, 3.8) is 0 Å². The summed E-state index contributed by atoms with van der Waals surface area (Å²) < 4.78 is 11.2. The van der Waals surface area contributed by atoms with Crippen LogP contribution in [0.2, 0.25) is 0 Å². The van der Waals surface area contributed by atoms with Crippen LogP contribution in [0, 0.1) is 20.8 Å². The van der Waals surface area contributed by atoms with E-state index in [4.69, 9.17) is 14.2 Å². The van der Waals surface area contributed by atoms with Crippen LogP contribution in [0.1, 0.15) is 39.3 Å². The Balaban J connectivity index is 1.58. The van der Waals surface area contributed by atoms with Gasteiger partial charge in [-0.15, -0.1) is 0 Å². The maximum absolute atomic E-state index is 12.9. The van der Waals surface area contributed by atoms with E-state index in [9.17, 15) is 4.79 Å². The lowest BCUT2D eigenvalue weighted by Gasteiger charge is -2.32. The quantitative estimate of drug-likeness (QED) is 0.696. The van der Waals surface area contributed by atoms with Crippen LogP contribution in [0.3, 0.4) is 0 Å². The molecule has 0 spiro atoms. The first-order chi connectivity index (χ1) is 13.5. The van der Waals surface area contributed by atoms with Gasteiger partial charge in [0.1, 0.15) is 17.6 Å². The number of amides is 1. The number of pyridine rings is 2. The number of aromatic nitrogens is 3. The Morgan fingerprint density at radius 1 is 1.18 bits per heavy atom. The van der Waals surface area contributed by atoms with Gasteiger partial charge in [-0.1, -0.05) is 17.3 Å². The molecule has 3 aromatic heterocycles. The highest BCUT2D eigenvalue weighted by atomic mass is 16.5. The lowest BCUT2D eigenvalue weighted by atomic mass is 10.1. The standard InChI is InChI=1S/C21H22N4O3/c1-13-6-5-9-22-20(13)21(26)25-10-11-27-18(12-25)16-7-4-8-17(23-16)19-14(2)24-28-15(19)3/h4-9,18H,10-12H2,1-3H3. The van der Waals surface area contributed by atoms with E-state index < -0.39 is 0 Å². The van der Waals surface area contributed by atoms with Gasteiger partial charge in [-0.05, 0) is 44.5 Å². The van der Waals surface area contributed by atoms with E-state index in [2.05, 4.69) is 10.1 Å². The molecule has 4 rings (SSSR count). The Labute approximate surface area is 163 Å². The third kappa shape index (κ3) is 3.41. The summed E-state index contributed by atoms with van der Waals surface area (Å²) in [5.74, 6) is 0.655. The normalized spacial score (nSPS) is 17.0. The van der Waals surface area contributed by atoms with E-state index in [1.807, 2.05) is 51.1 Å². The molecule has 7 heteroatoms. The molecule has 1 aliphatic rings. The van der Waals surface area contributed by atoms with E-state index >= 15 is 0 Å². The molecule has 1 saturated heterocycles. The van der Waals surface area contributed by atoms with Crippen molar-refractivity contribution in [2.75, 3.05) is 19.7 Å². The predicted molar refractivity (Wildman–Crippen MR) is 103 cm³/mol. The molecule has 1 amide bonds. The molecule has 0 saturated carbocycles. The number of morpholine rings is 1. The number of nitrogens with zero attached hydrogens (tertiary/aromatic N) is 4. The summed E-state index contributed by atoms with van der Waals surface area (Å²) in [7, 11) is 0. The van der Waals surface area contributed by atoms with Crippen LogP contribution in [0.15, 0.2) is 41.1 Å². The second kappa shape index (κ2) is 7.52. The van der Waals surface area contributed by atoms with Gasteiger partial charge in [-0.25, -0.2) is 4.98 Å². The zero-order valence-corrected chi connectivity index (χ0v) is 16.2. The third-order valence-electron chi connectivity index (χ3n) is 4.96. The SMILES string of the molecule is Cc1cccnc1C(=O)N1CCOC(c2cccc(-c3c(C)noc3C)n2)C1. The van der Waals surface area contributed by atoms with E-state index in [1.54, 1.807) is 11.1 Å². The fourth-order valence-corrected chi connectivity index (χ4v) is 3.49. The molecule has 4 heterocycles. The van der Waals surface area contributed by atoms with E-state index in [-0.39, 0.29) is 12.0 Å². The third-order valence-corrected chi connectivity index (χ3v) is 4.96. The Morgan fingerprint density at radius 2 is 2.04 bits per heavy atom. The Bertz CT molecular complexity index is 995. The summed E-state index contributed by atoms with van der Waals surface area (Å²) in [5, 5.41) is 4.01. The van der Waals surface area contributed by atoms with E-state index in [0.717, 1.165) is 34.0 Å². The Morgan fingerprint density at radius 3 is 2.79 bits per heavy atom. The monoisotopic (exact) mass is 378 g/mol. The van der Waals surface area contributed by atoms with Crippen LogP contribution in [-0.4, -0.2) is 45.6 Å². The molecule has 144 valence electrons. The van der Waals surface area contributed by atoms with Gasteiger partial charge in [0.05, 0.1) is 35.8 Å². The zero-order chi connectivity index (χ0) is 19.7. The molecular weight excluding hydrogens is 356 g/mol. The highest BCUT2D eigenvalue weighted by Crippen LogP contribution is 2.28. The highest BCUT2D eigenvalue weighted by molar-refractivity contribution is 5.93. The Kier molecular flexibility index (Phi) is 4.92. The topological polar surface area (TPSA) is 81.4 Å². The van der Waals surface area contributed by atoms with Crippen molar-refractivity contribution in [1.29, 1.82) is 0 Å². The van der Waals surface area contributed by atoms with Crippen LogP contribution in [-0.2, 0) is 4.74 Å². The molecule has 1 fully saturated rings. The van der Waals surface area contributed by atoms with Gasteiger partial charge in [-0.3, -0.25) is 9.78 Å². The maximum atomic E-state index is 12.9. The molecule has 0 bridgehead atoms. The van der Waals surface area contributed by atoms with E-state index in [0.29, 0.717) is 25.4 Å². The minimum absolute atomic E-state index is 0.0757. The van der Waals surface area contributed by atoms with Crippen molar-refractivity contribution in [3.8, 4) is 11.3 Å². The van der Waals surface area contributed by atoms with E-state index in [1.165, 1.54) is 0 Å². The number of aryl methyl sites for hydroxylation is 3. The number of ether oxygens (including phenoxy) is 1. The maximum Gasteiger partial charge on any atom is 0.272 e. The average Bonchev–Trinajstić information content (AvgIpc) is 3.06. The van der Waals surface area contributed by atoms with Crippen LogP contribution in [0.25, 0.3) is 11.3 Å². The predicted octanol–water partition coefficient (Wildman–Crippen LogP) is 3.27. The summed E-state index contributed by atoms with van der Waals surface area (Å²) in [6.45, 7) is 7.09. The van der Waals surface area contributed by atoms with Gasteiger partial charge in [0, 0.05) is 12.7 Å². The highest BCUT2D eigenvalue weighted by Gasteiger charge is 2.28. The summed E-state index contributed by atoms with van der Waals surface area (Å²) in [6, 6.07) is 9.52. The molecular formula is C21H22N4O3. The fraction of sp³-hybridized carbons (Fsp3) is 0.333. The number of hydrogen-bond acceptors (Lipinski definition) is 6. The van der Waals surface area contributed by atoms with Crippen molar-refractivity contribution >= 4 is 5.91 Å². The number of rotatable bonds is 3. The summed E-state index contributed by atoms with van der Waals surface area (Å²) in [5.41, 5.74) is 4.63. The van der Waals surface area contributed by atoms with Gasteiger partial charge in [0.25, 0.3) is 5.91 Å². The summed E-state index contributed by atoms with van der Waals surface area (Å²) in [6.07, 6.45) is 1.36. The minimum Gasteiger partial charge on any atom is -0.368 e. The van der Waals surface area contributed by atoms with Gasteiger partial charge < -0.3 is 14.2 Å². The molecule has 1 unspecified atom stereocenters. The lowest BCUT2D eigenvalue weighted by Crippen LogP contribution is -2.43. The fourth-order valence-electron chi connectivity index (χ4n) is 3.49. The minimum atomic E-state index is -0.290. The summed E-state index contributed by atoms with van der Waals surface area (Å²) in [4.78, 5) is 23.7. The number of hydrogen-bond donors (Lipinski definition) is 0.